The van der Waals surface area contributed by atoms with Gasteiger partial charge in [-0.15, -0.1) is 11.3 Å². The molecule has 0 radical (unpaired) electrons. The van der Waals surface area contributed by atoms with E-state index in [2.05, 4.69) is 44.5 Å². The van der Waals surface area contributed by atoms with Crippen molar-refractivity contribution < 1.29 is 0 Å². The number of thiophene rings is 1. The summed E-state index contributed by atoms with van der Waals surface area (Å²) in [5, 5.41) is 2.10. The van der Waals surface area contributed by atoms with Gasteiger partial charge in [0.1, 0.15) is 0 Å². The quantitative estimate of drug-likeness (QED) is 0.709. The minimum Gasteiger partial charge on any atom is -0.252 e. The summed E-state index contributed by atoms with van der Waals surface area (Å²) in [4.78, 5) is 5.29. The van der Waals surface area contributed by atoms with Crippen LogP contribution in [0.2, 0.25) is 0 Å². The fourth-order valence-corrected chi connectivity index (χ4v) is 2.94. The van der Waals surface area contributed by atoms with Gasteiger partial charge in [-0.05, 0) is 30.0 Å². The first-order chi connectivity index (χ1) is 6.34. The smallest absolute Gasteiger partial charge is 0.0813 e. The topological polar surface area (TPSA) is 12.9 Å². The van der Waals surface area contributed by atoms with Crippen LogP contribution in [0.4, 0.5) is 0 Å². The van der Waals surface area contributed by atoms with Crippen molar-refractivity contribution in [3.05, 3.63) is 29.3 Å². The van der Waals surface area contributed by atoms with Gasteiger partial charge in [0.15, 0.2) is 0 Å². The first-order valence-corrected chi connectivity index (χ1v) is 6.12. The molecule has 0 amide bonds. The molecule has 1 aliphatic rings. The van der Waals surface area contributed by atoms with Crippen LogP contribution in [0.25, 0.3) is 10.2 Å². The molecule has 0 spiro atoms. The van der Waals surface area contributed by atoms with Gasteiger partial charge < -0.3 is 0 Å². The summed E-state index contributed by atoms with van der Waals surface area (Å²) in [5.74, 6) is 0.657. The highest BCUT2D eigenvalue weighted by molar-refractivity contribution is 9.09. The molecule has 3 heteroatoms. The largest absolute Gasteiger partial charge is 0.252 e. The lowest BCUT2D eigenvalue weighted by molar-refractivity contribution is 1.05. The van der Waals surface area contributed by atoms with Gasteiger partial charge in [-0.2, -0.15) is 0 Å². The fourth-order valence-electron chi connectivity index (χ4n) is 1.55. The van der Waals surface area contributed by atoms with Crippen LogP contribution in [0.3, 0.4) is 0 Å². The van der Waals surface area contributed by atoms with E-state index in [0.717, 1.165) is 5.52 Å². The normalized spacial score (nSPS) is 26.5. The minimum absolute atomic E-state index is 0.657. The van der Waals surface area contributed by atoms with E-state index < -0.39 is 0 Å². The van der Waals surface area contributed by atoms with Crippen LogP contribution in [0.15, 0.2) is 23.6 Å². The average molecular weight is 254 g/mol. The Bertz CT molecular complexity index is 451. The number of alkyl halides is 1. The van der Waals surface area contributed by atoms with Gasteiger partial charge in [-0.3, -0.25) is 4.98 Å². The van der Waals surface area contributed by atoms with Crippen LogP contribution in [-0.4, -0.2) is 9.81 Å². The first-order valence-electron chi connectivity index (χ1n) is 4.33. The molecule has 1 aliphatic carbocycles. The third kappa shape index (κ3) is 1.30. The Balaban J connectivity index is 2.10. The summed E-state index contributed by atoms with van der Waals surface area (Å²) in [6.45, 7) is 0. The second-order valence-corrected chi connectivity index (χ2v) is 5.52. The number of rotatable bonds is 1. The molecule has 0 aromatic carbocycles. The lowest BCUT2D eigenvalue weighted by Crippen LogP contribution is -1.86. The fraction of sp³-hybridized carbons (Fsp3) is 0.300. The lowest BCUT2D eigenvalue weighted by Gasteiger charge is -1.96. The second kappa shape index (κ2) is 2.79. The van der Waals surface area contributed by atoms with Gasteiger partial charge in [0, 0.05) is 16.4 Å². The maximum absolute atomic E-state index is 4.63. The van der Waals surface area contributed by atoms with Crippen molar-refractivity contribution in [1.82, 2.24) is 4.98 Å². The van der Waals surface area contributed by atoms with Crippen molar-refractivity contribution >= 4 is 37.5 Å². The summed E-state index contributed by atoms with van der Waals surface area (Å²) in [7, 11) is 0. The van der Waals surface area contributed by atoms with E-state index >= 15 is 0 Å². The minimum atomic E-state index is 0.657. The van der Waals surface area contributed by atoms with E-state index in [-0.39, 0.29) is 0 Å². The van der Waals surface area contributed by atoms with Crippen LogP contribution in [-0.2, 0) is 0 Å². The van der Waals surface area contributed by atoms with E-state index in [9.17, 15) is 0 Å². The predicted molar refractivity (Wildman–Crippen MR) is 59.7 cm³/mol. The molecule has 2 atom stereocenters. The van der Waals surface area contributed by atoms with Crippen molar-refractivity contribution in [2.45, 2.75) is 17.2 Å². The molecule has 2 aromatic heterocycles. The highest BCUT2D eigenvalue weighted by atomic mass is 79.9. The highest BCUT2D eigenvalue weighted by Crippen LogP contribution is 2.46. The van der Waals surface area contributed by atoms with Crippen LogP contribution >= 0.6 is 27.3 Å². The average Bonchev–Trinajstić information content (AvgIpc) is 2.70. The zero-order chi connectivity index (χ0) is 8.84. The molecule has 2 aromatic rings. The molecule has 0 bridgehead atoms. The SMILES string of the molecule is Br[C@H]1C[C@H]1c1ccc2sccc2n1. The van der Waals surface area contributed by atoms with Crippen LogP contribution in [0, 0.1) is 0 Å². The standard InChI is InChI=1S/C10H8BrNS/c11-7-5-6(7)8-1-2-10-9(12-8)3-4-13-10/h1-4,6-7H,5H2/t6-,7+/m1/s1. The molecule has 0 unspecified atom stereocenters. The van der Waals surface area contributed by atoms with E-state index in [4.69, 9.17) is 0 Å². The summed E-state index contributed by atoms with van der Waals surface area (Å²) >= 11 is 5.36. The number of hydrogen-bond acceptors (Lipinski definition) is 2. The Kier molecular flexibility index (Phi) is 1.70. The third-order valence-electron chi connectivity index (χ3n) is 2.42. The molecule has 0 saturated heterocycles. The Hall–Kier alpha value is -0.410. The Morgan fingerprint density at radius 1 is 1.38 bits per heavy atom. The number of pyridine rings is 1. The molecular weight excluding hydrogens is 246 g/mol. The number of hydrogen-bond donors (Lipinski definition) is 0. The van der Waals surface area contributed by atoms with Crippen LogP contribution in [0.1, 0.15) is 18.0 Å². The van der Waals surface area contributed by atoms with Crippen LogP contribution < -0.4 is 0 Å². The summed E-state index contributed by atoms with van der Waals surface area (Å²) in [6.07, 6.45) is 1.24. The Morgan fingerprint density at radius 2 is 2.23 bits per heavy atom. The number of nitrogens with zero attached hydrogens (tertiary/aromatic N) is 1. The molecule has 0 aliphatic heterocycles. The Labute approximate surface area is 88.9 Å². The van der Waals surface area contributed by atoms with Crippen molar-refractivity contribution in [2.75, 3.05) is 0 Å². The number of fused-ring (bicyclic) bond motifs is 1. The molecule has 13 heavy (non-hydrogen) atoms. The van der Waals surface area contributed by atoms with Gasteiger partial charge in [0.2, 0.25) is 0 Å². The van der Waals surface area contributed by atoms with Gasteiger partial charge in [0.05, 0.1) is 10.2 Å². The van der Waals surface area contributed by atoms with Crippen molar-refractivity contribution in [3.63, 3.8) is 0 Å². The van der Waals surface area contributed by atoms with E-state index in [1.165, 1.54) is 16.8 Å². The van der Waals surface area contributed by atoms with Crippen LogP contribution in [0.5, 0.6) is 0 Å². The second-order valence-electron chi connectivity index (χ2n) is 3.40. The van der Waals surface area contributed by atoms with Crippen molar-refractivity contribution in [3.8, 4) is 0 Å². The van der Waals surface area contributed by atoms with E-state index in [1.54, 1.807) is 11.3 Å². The molecule has 0 N–H and O–H groups in total. The third-order valence-corrected chi connectivity index (χ3v) is 4.30. The molecule has 2 heterocycles. The number of halogens is 1. The number of aromatic nitrogens is 1. The molecular formula is C10H8BrNS. The lowest BCUT2D eigenvalue weighted by atomic mass is 10.2. The van der Waals surface area contributed by atoms with Gasteiger partial charge in [0.25, 0.3) is 0 Å². The van der Waals surface area contributed by atoms with Gasteiger partial charge >= 0.3 is 0 Å². The van der Waals surface area contributed by atoms with E-state index in [1.807, 2.05) is 0 Å². The Morgan fingerprint density at radius 3 is 3.00 bits per heavy atom. The van der Waals surface area contributed by atoms with E-state index in [0.29, 0.717) is 10.7 Å². The summed E-state index contributed by atoms with van der Waals surface area (Å²) in [5.41, 5.74) is 2.39. The first kappa shape index (κ1) is 7.94. The van der Waals surface area contributed by atoms with Crippen molar-refractivity contribution in [1.29, 1.82) is 0 Å². The highest BCUT2D eigenvalue weighted by Gasteiger charge is 2.37. The maximum Gasteiger partial charge on any atom is 0.0813 e. The predicted octanol–water partition coefficient (Wildman–Crippen LogP) is 3.55. The van der Waals surface area contributed by atoms with Crippen molar-refractivity contribution in [2.24, 2.45) is 0 Å². The molecule has 66 valence electrons. The molecule has 1 saturated carbocycles. The zero-order valence-corrected chi connectivity index (χ0v) is 9.31. The van der Waals surface area contributed by atoms with Gasteiger partial charge in [-0.1, -0.05) is 15.9 Å². The summed E-state index contributed by atoms with van der Waals surface area (Å²) in [6, 6.07) is 6.43. The molecule has 3 rings (SSSR count). The summed E-state index contributed by atoms with van der Waals surface area (Å²) < 4.78 is 1.29. The zero-order valence-electron chi connectivity index (χ0n) is 6.90. The molecule has 1 nitrogen and oxygen atoms in total. The maximum atomic E-state index is 4.63. The molecule has 1 fully saturated rings. The monoisotopic (exact) mass is 253 g/mol. The van der Waals surface area contributed by atoms with Gasteiger partial charge in [-0.25, -0.2) is 0 Å².